The quantitative estimate of drug-likeness (QED) is 0.643. The zero-order chi connectivity index (χ0) is 17.3. The summed E-state index contributed by atoms with van der Waals surface area (Å²) in [7, 11) is 1.69. The molecule has 0 amide bonds. The second kappa shape index (κ2) is 8.80. The van der Waals surface area contributed by atoms with Crippen LogP contribution in [0.1, 0.15) is 16.7 Å². The third-order valence-electron chi connectivity index (χ3n) is 3.93. The van der Waals surface area contributed by atoms with Gasteiger partial charge in [-0.15, -0.1) is 0 Å². The van der Waals surface area contributed by atoms with E-state index in [4.69, 9.17) is 4.74 Å². The molecule has 0 aliphatic carbocycles. The molecule has 1 heterocycles. The average Bonchev–Trinajstić information content (AvgIpc) is 3.16. The molecule has 0 unspecified atom stereocenters. The molecule has 1 aromatic heterocycles. The van der Waals surface area contributed by atoms with Crippen LogP contribution in [0.15, 0.2) is 67.3 Å². The highest BCUT2D eigenvalue weighted by Crippen LogP contribution is 2.18. The van der Waals surface area contributed by atoms with Crippen LogP contribution in [0.4, 0.5) is 0 Å². The van der Waals surface area contributed by atoms with E-state index >= 15 is 0 Å². The smallest absolute Gasteiger partial charge is 0.137 e. The average molecular weight is 334 g/mol. The molecule has 0 saturated heterocycles. The van der Waals surface area contributed by atoms with Gasteiger partial charge in [-0.3, -0.25) is 0 Å². The Morgan fingerprint density at radius 2 is 1.88 bits per heavy atom. The van der Waals surface area contributed by atoms with Crippen LogP contribution in [0.2, 0.25) is 0 Å². The molecule has 0 atom stereocenters. The third-order valence-corrected chi connectivity index (χ3v) is 3.93. The van der Waals surface area contributed by atoms with E-state index in [1.807, 2.05) is 28.9 Å². The molecule has 0 aliphatic rings. The van der Waals surface area contributed by atoms with Gasteiger partial charge < -0.3 is 10.1 Å². The van der Waals surface area contributed by atoms with Crippen molar-refractivity contribution in [2.24, 2.45) is 0 Å². The van der Waals surface area contributed by atoms with Gasteiger partial charge in [-0.1, -0.05) is 54.6 Å². The Morgan fingerprint density at radius 3 is 2.68 bits per heavy atom. The first-order chi connectivity index (χ1) is 12.4. The van der Waals surface area contributed by atoms with Crippen LogP contribution in [0.5, 0.6) is 5.75 Å². The van der Waals surface area contributed by atoms with E-state index in [1.165, 1.54) is 11.1 Å². The van der Waals surface area contributed by atoms with Crippen molar-refractivity contribution in [3.8, 4) is 5.75 Å². The number of aromatic nitrogens is 3. The number of hydrogen-bond donors (Lipinski definition) is 1. The molecule has 5 heteroatoms. The zero-order valence-corrected chi connectivity index (χ0v) is 14.3. The summed E-state index contributed by atoms with van der Waals surface area (Å²) in [6.45, 7) is 2.33. The maximum Gasteiger partial charge on any atom is 0.137 e. The molecule has 25 heavy (non-hydrogen) atoms. The lowest BCUT2D eigenvalue weighted by Crippen LogP contribution is -2.15. The fourth-order valence-electron chi connectivity index (χ4n) is 2.65. The number of hydrogen-bond acceptors (Lipinski definition) is 4. The number of benzene rings is 2. The largest absolute Gasteiger partial charge is 0.496 e. The summed E-state index contributed by atoms with van der Waals surface area (Å²) in [4.78, 5) is 3.99. The highest BCUT2D eigenvalue weighted by Gasteiger charge is 2.02. The number of nitrogens with one attached hydrogen (secondary N) is 1. The summed E-state index contributed by atoms with van der Waals surface area (Å²) in [6, 6.07) is 16.4. The molecule has 0 spiro atoms. The van der Waals surface area contributed by atoms with Crippen molar-refractivity contribution in [1.82, 2.24) is 20.1 Å². The molecule has 128 valence electrons. The Morgan fingerprint density at radius 1 is 1.08 bits per heavy atom. The van der Waals surface area contributed by atoms with Gasteiger partial charge >= 0.3 is 0 Å². The predicted octanol–water partition coefficient (Wildman–Crippen LogP) is 3.14. The summed E-state index contributed by atoms with van der Waals surface area (Å²) in [5.74, 6) is 0.886. The molecule has 0 fully saturated rings. The van der Waals surface area contributed by atoms with Gasteiger partial charge in [0, 0.05) is 18.7 Å². The van der Waals surface area contributed by atoms with Crippen LogP contribution in [-0.2, 0) is 13.1 Å². The minimum atomic E-state index is 0.731. The molecular weight excluding hydrogens is 312 g/mol. The maximum absolute atomic E-state index is 5.35. The summed E-state index contributed by atoms with van der Waals surface area (Å²) >= 11 is 0. The molecule has 0 saturated carbocycles. The predicted molar refractivity (Wildman–Crippen MR) is 99.3 cm³/mol. The van der Waals surface area contributed by atoms with Crippen molar-refractivity contribution in [2.75, 3.05) is 13.7 Å². The van der Waals surface area contributed by atoms with Gasteiger partial charge in [0.25, 0.3) is 0 Å². The fourth-order valence-corrected chi connectivity index (χ4v) is 2.65. The number of rotatable bonds is 8. The molecule has 3 aromatic rings. The van der Waals surface area contributed by atoms with Gasteiger partial charge in [-0.05, 0) is 17.2 Å². The fraction of sp³-hybridized carbons (Fsp3) is 0.200. The van der Waals surface area contributed by atoms with E-state index in [2.05, 4.69) is 51.8 Å². The molecule has 2 aromatic carbocycles. The van der Waals surface area contributed by atoms with Gasteiger partial charge in [0.15, 0.2) is 0 Å². The molecule has 5 nitrogen and oxygen atoms in total. The van der Waals surface area contributed by atoms with E-state index in [0.29, 0.717) is 0 Å². The monoisotopic (exact) mass is 334 g/mol. The number of methoxy groups -OCH3 is 1. The molecule has 0 radical (unpaired) electrons. The molecule has 0 bridgehead atoms. The molecule has 1 N–H and O–H groups in total. The van der Waals surface area contributed by atoms with Crippen LogP contribution in [0.3, 0.4) is 0 Å². The van der Waals surface area contributed by atoms with Crippen molar-refractivity contribution >= 4 is 6.08 Å². The Bertz CT molecular complexity index is 812. The SMILES string of the molecule is COc1ccccc1/C=C/CNCc1ccccc1Cn1cncn1. The topological polar surface area (TPSA) is 52.0 Å². The first-order valence-electron chi connectivity index (χ1n) is 8.26. The maximum atomic E-state index is 5.35. The Kier molecular flexibility index (Phi) is 5.96. The lowest BCUT2D eigenvalue weighted by Gasteiger charge is -2.10. The summed E-state index contributed by atoms with van der Waals surface area (Å²) in [6.07, 6.45) is 7.48. The molecule has 3 rings (SSSR count). The number of nitrogens with zero attached hydrogens (tertiary/aromatic N) is 3. The normalized spacial score (nSPS) is 11.1. The van der Waals surface area contributed by atoms with E-state index in [9.17, 15) is 0 Å². The number of para-hydroxylation sites is 1. The van der Waals surface area contributed by atoms with Gasteiger partial charge in [0.2, 0.25) is 0 Å². The third kappa shape index (κ3) is 4.78. The summed E-state index contributed by atoms with van der Waals surface area (Å²) < 4.78 is 7.19. The second-order valence-corrected chi connectivity index (χ2v) is 5.64. The van der Waals surface area contributed by atoms with Crippen molar-refractivity contribution in [2.45, 2.75) is 13.1 Å². The van der Waals surface area contributed by atoms with Crippen LogP contribution >= 0.6 is 0 Å². The van der Waals surface area contributed by atoms with Gasteiger partial charge in [0.05, 0.1) is 13.7 Å². The highest BCUT2D eigenvalue weighted by atomic mass is 16.5. The Hall–Kier alpha value is -2.92. The summed E-state index contributed by atoms with van der Waals surface area (Å²) in [5.41, 5.74) is 3.59. The number of ether oxygens (including phenoxy) is 1. The first kappa shape index (κ1) is 16.9. The minimum Gasteiger partial charge on any atom is -0.496 e. The van der Waals surface area contributed by atoms with Crippen LogP contribution in [0, 0.1) is 0 Å². The van der Waals surface area contributed by atoms with Crippen LogP contribution in [0.25, 0.3) is 6.08 Å². The van der Waals surface area contributed by atoms with E-state index < -0.39 is 0 Å². The molecular formula is C20H22N4O. The van der Waals surface area contributed by atoms with E-state index in [1.54, 1.807) is 19.8 Å². The summed E-state index contributed by atoms with van der Waals surface area (Å²) in [5, 5.41) is 7.63. The van der Waals surface area contributed by atoms with Crippen molar-refractivity contribution in [1.29, 1.82) is 0 Å². The van der Waals surface area contributed by atoms with Crippen molar-refractivity contribution < 1.29 is 4.74 Å². The lowest BCUT2D eigenvalue weighted by molar-refractivity contribution is 0.414. The van der Waals surface area contributed by atoms with Gasteiger partial charge in [0.1, 0.15) is 18.4 Å². The Balaban J connectivity index is 1.55. The van der Waals surface area contributed by atoms with Crippen molar-refractivity contribution in [3.63, 3.8) is 0 Å². The van der Waals surface area contributed by atoms with Gasteiger partial charge in [-0.2, -0.15) is 5.10 Å². The first-order valence-corrected chi connectivity index (χ1v) is 8.26. The minimum absolute atomic E-state index is 0.731. The van der Waals surface area contributed by atoms with Gasteiger partial charge in [-0.25, -0.2) is 9.67 Å². The van der Waals surface area contributed by atoms with E-state index in [0.717, 1.165) is 30.9 Å². The standard InChI is InChI=1S/C20H22N4O/c1-25-20-11-5-4-7-17(20)10-6-12-21-13-18-8-2-3-9-19(18)14-24-16-22-15-23-24/h2-11,15-16,21H,12-14H2,1H3/b10-6+. The zero-order valence-electron chi connectivity index (χ0n) is 14.3. The molecule has 0 aliphatic heterocycles. The van der Waals surface area contributed by atoms with E-state index in [-0.39, 0.29) is 0 Å². The second-order valence-electron chi connectivity index (χ2n) is 5.64. The Labute approximate surface area is 148 Å². The highest BCUT2D eigenvalue weighted by molar-refractivity contribution is 5.57. The van der Waals surface area contributed by atoms with Crippen molar-refractivity contribution in [3.05, 3.63) is 84.0 Å². The van der Waals surface area contributed by atoms with Crippen LogP contribution in [-0.4, -0.2) is 28.4 Å². The van der Waals surface area contributed by atoms with Crippen LogP contribution < -0.4 is 10.1 Å². The lowest BCUT2D eigenvalue weighted by atomic mass is 10.1.